The van der Waals surface area contributed by atoms with Crippen molar-refractivity contribution in [2.45, 2.75) is 70.6 Å². The van der Waals surface area contributed by atoms with E-state index in [0.29, 0.717) is 5.92 Å². The van der Waals surface area contributed by atoms with Crippen molar-refractivity contribution in [3.63, 3.8) is 0 Å². The van der Waals surface area contributed by atoms with Gasteiger partial charge >= 0.3 is 7.12 Å². The Morgan fingerprint density at radius 2 is 1.69 bits per heavy atom. The molecule has 0 spiro atoms. The van der Waals surface area contributed by atoms with Gasteiger partial charge in [-0.05, 0) is 59.2 Å². The molecule has 2 aliphatic rings. The van der Waals surface area contributed by atoms with Crippen molar-refractivity contribution in [3.05, 3.63) is 0 Å². The Morgan fingerprint density at radius 1 is 1.12 bits per heavy atom. The quantitative estimate of drug-likeness (QED) is 0.734. The molecular weight excluding hydrogens is 203 g/mol. The first-order valence-electron chi connectivity index (χ1n) is 6.34. The highest BCUT2D eigenvalue weighted by atomic mass is 16.7. The summed E-state index contributed by atoms with van der Waals surface area (Å²) >= 11 is 0. The van der Waals surface area contributed by atoms with Gasteiger partial charge in [-0.3, -0.25) is 0 Å². The van der Waals surface area contributed by atoms with E-state index in [2.05, 4.69) is 27.7 Å². The van der Waals surface area contributed by atoms with Crippen molar-refractivity contribution >= 4 is 7.12 Å². The molecule has 1 aliphatic heterocycles. The van der Waals surface area contributed by atoms with Crippen LogP contribution in [0.1, 0.15) is 47.0 Å². The highest BCUT2D eigenvalue weighted by Gasteiger charge is 2.51. The lowest BCUT2D eigenvalue weighted by Gasteiger charge is -2.32. The van der Waals surface area contributed by atoms with E-state index in [1.807, 2.05) is 0 Å². The lowest BCUT2D eigenvalue weighted by molar-refractivity contribution is 0.00578. The van der Waals surface area contributed by atoms with Crippen LogP contribution < -0.4 is 0 Å². The fraction of sp³-hybridized carbons (Fsp3) is 1.00. The minimum Gasteiger partial charge on any atom is -0.403 e. The zero-order chi connectivity index (χ0) is 12.0. The van der Waals surface area contributed by atoms with E-state index in [1.165, 1.54) is 0 Å². The topological polar surface area (TPSA) is 38.7 Å². The Balaban J connectivity index is 1.89. The van der Waals surface area contributed by atoms with Gasteiger partial charge in [0.15, 0.2) is 0 Å². The summed E-state index contributed by atoms with van der Waals surface area (Å²) in [5, 5.41) is 9.50. The molecule has 0 amide bonds. The summed E-state index contributed by atoms with van der Waals surface area (Å²) in [6, 6.07) is 0. The van der Waals surface area contributed by atoms with E-state index in [9.17, 15) is 5.11 Å². The molecule has 1 N–H and O–H groups in total. The van der Waals surface area contributed by atoms with Gasteiger partial charge in [0, 0.05) is 0 Å². The molecule has 1 saturated heterocycles. The summed E-state index contributed by atoms with van der Waals surface area (Å²) in [6.07, 6.45) is 3.76. The van der Waals surface area contributed by atoms with Gasteiger partial charge in [0.05, 0.1) is 17.3 Å². The summed E-state index contributed by atoms with van der Waals surface area (Å²) in [6.45, 7) is 8.32. The summed E-state index contributed by atoms with van der Waals surface area (Å²) < 4.78 is 11.9. The van der Waals surface area contributed by atoms with Gasteiger partial charge in [-0.2, -0.15) is 0 Å². The smallest absolute Gasteiger partial charge is 0.403 e. The van der Waals surface area contributed by atoms with Crippen LogP contribution in [-0.2, 0) is 9.31 Å². The van der Waals surface area contributed by atoms with E-state index < -0.39 is 0 Å². The molecule has 2 unspecified atom stereocenters. The first-order chi connectivity index (χ1) is 7.30. The van der Waals surface area contributed by atoms with Gasteiger partial charge in [0.2, 0.25) is 0 Å². The van der Waals surface area contributed by atoms with Gasteiger partial charge in [-0.15, -0.1) is 0 Å². The second-order valence-corrected chi connectivity index (χ2v) is 6.25. The van der Waals surface area contributed by atoms with Crippen molar-refractivity contribution < 1.29 is 14.4 Å². The SMILES string of the molecule is CC1(C)OB(CC2CCC(O)C2)OC1(C)C. The number of hydrogen-bond acceptors (Lipinski definition) is 3. The molecule has 0 aromatic rings. The Kier molecular flexibility index (Phi) is 3.10. The molecule has 4 heteroatoms. The van der Waals surface area contributed by atoms with Crippen LogP contribution in [0.2, 0.25) is 6.32 Å². The van der Waals surface area contributed by atoms with E-state index >= 15 is 0 Å². The molecule has 1 aliphatic carbocycles. The predicted octanol–water partition coefficient (Wildman–Crippen LogP) is 2.24. The summed E-state index contributed by atoms with van der Waals surface area (Å²) in [5.74, 6) is 0.560. The third-order valence-corrected chi connectivity index (χ3v) is 4.34. The van der Waals surface area contributed by atoms with Gasteiger partial charge in [0.25, 0.3) is 0 Å². The van der Waals surface area contributed by atoms with Crippen LogP contribution in [0.4, 0.5) is 0 Å². The van der Waals surface area contributed by atoms with Gasteiger partial charge < -0.3 is 14.4 Å². The molecule has 1 saturated carbocycles. The maximum Gasteiger partial charge on any atom is 0.458 e. The molecule has 0 radical (unpaired) electrons. The van der Waals surface area contributed by atoms with E-state index in [0.717, 1.165) is 25.6 Å². The molecule has 16 heavy (non-hydrogen) atoms. The first kappa shape index (κ1) is 12.4. The maximum atomic E-state index is 9.50. The zero-order valence-corrected chi connectivity index (χ0v) is 10.8. The highest BCUT2D eigenvalue weighted by Crippen LogP contribution is 2.40. The van der Waals surface area contributed by atoms with Crippen LogP contribution in [0.3, 0.4) is 0 Å². The molecule has 2 rings (SSSR count). The van der Waals surface area contributed by atoms with Crippen molar-refractivity contribution in [2.24, 2.45) is 5.92 Å². The van der Waals surface area contributed by atoms with Crippen LogP contribution in [-0.4, -0.2) is 29.5 Å². The van der Waals surface area contributed by atoms with Gasteiger partial charge in [0.1, 0.15) is 0 Å². The third-order valence-electron chi connectivity index (χ3n) is 4.34. The lowest BCUT2D eigenvalue weighted by Crippen LogP contribution is -2.41. The fourth-order valence-electron chi connectivity index (χ4n) is 2.60. The second kappa shape index (κ2) is 4.00. The molecule has 0 aromatic heterocycles. The van der Waals surface area contributed by atoms with Crippen LogP contribution >= 0.6 is 0 Å². The Hall–Kier alpha value is -0.0551. The van der Waals surface area contributed by atoms with E-state index in [1.54, 1.807) is 0 Å². The average molecular weight is 226 g/mol. The fourth-order valence-corrected chi connectivity index (χ4v) is 2.60. The standard InChI is InChI=1S/C12H23BO3/c1-11(2)12(3,4)16-13(15-11)8-9-5-6-10(14)7-9/h9-10,14H,5-8H2,1-4H3. The molecule has 0 aromatic carbocycles. The third kappa shape index (κ3) is 2.29. The maximum absolute atomic E-state index is 9.50. The minimum atomic E-state index is -0.227. The van der Waals surface area contributed by atoms with Crippen molar-refractivity contribution in [1.29, 1.82) is 0 Å². The van der Waals surface area contributed by atoms with Crippen molar-refractivity contribution in [3.8, 4) is 0 Å². The van der Waals surface area contributed by atoms with Crippen LogP contribution in [0.15, 0.2) is 0 Å². The molecule has 1 heterocycles. The molecular formula is C12H23BO3. The van der Waals surface area contributed by atoms with Gasteiger partial charge in [-0.1, -0.05) is 0 Å². The molecule has 0 bridgehead atoms. The Bertz CT molecular complexity index is 249. The normalized spacial score (nSPS) is 36.9. The van der Waals surface area contributed by atoms with E-state index in [-0.39, 0.29) is 24.4 Å². The van der Waals surface area contributed by atoms with Crippen molar-refractivity contribution in [2.75, 3.05) is 0 Å². The summed E-state index contributed by atoms with van der Waals surface area (Å²) in [7, 11) is -0.0969. The number of rotatable bonds is 2. The number of hydrogen-bond donors (Lipinski definition) is 1. The monoisotopic (exact) mass is 226 g/mol. The second-order valence-electron chi connectivity index (χ2n) is 6.25. The Morgan fingerprint density at radius 3 is 2.12 bits per heavy atom. The van der Waals surface area contributed by atoms with Crippen LogP contribution in [0, 0.1) is 5.92 Å². The lowest BCUT2D eigenvalue weighted by atomic mass is 9.76. The molecule has 2 fully saturated rings. The summed E-state index contributed by atoms with van der Waals surface area (Å²) in [4.78, 5) is 0. The molecule has 92 valence electrons. The minimum absolute atomic E-state index is 0.0969. The predicted molar refractivity (Wildman–Crippen MR) is 64.2 cm³/mol. The first-order valence-corrected chi connectivity index (χ1v) is 6.34. The van der Waals surface area contributed by atoms with Crippen LogP contribution in [0.5, 0.6) is 0 Å². The number of aliphatic hydroxyl groups is 1. The summed E-state index contributed by atoms with van der Waals surface area (Å²) in [5.41, 5.74) is -0.455. The largest absolute Gasteiger partial charge is 0.458 e. The highest BCUT2D eigenvalue weighted by molar-refractivity contribution is 6.45. The Labute approximate surface area is 98.7 Å². The van der Waals surface area contributed by atoms with E-state index in [4.69, 9.17) is 9.31 Å². The van der Waals surface area contributed by atoms with Crippen molar-refractivity contribution in [1.82, 2.24) is 0 Å². The number of aliphatic hydroxyl groups excluding tert-OH is 1. The zero-order valence-electron chi connectivity index (χ0n) is 10.8. The molecule has 2 atom stereocenters. The van der Waals surface area contributed by atoms with Gasteiger partial charge in [-0.25, -0.2) is 0 Å². The van der Waals surface area contributed by atoms with Crippen LogP contribution in [0.25, 0.3) is 0 Å². The molecule has 3 nitrogen and oxygen atoms in total. The average Bonchev–Trinajstić information content (AvgIpc) is 2.56.